The summed E-state index contributed by atoms with van der Waals surface area (Å²) in [5.41, 5.74) is 2.88. The molecule has 0 fully saturated rings. The Morgan fingerprint density at radius 3 is 2.53 bits per heavy atom. The first-order valence-electron chi connectivity index (χ1n) is 9.22. The monoisotopic (exact) mass is 405 g/mol. The van der Waals surface area contributed by atoms with Crippen LogP contribution in [0.15, 0.2) is 71.1 Å². The Morgan fingerprint density at radius 2 is 1.87 bits per heavy atom. The molecule has 4 aromatic rings. The lowest BCUT2D eigenvalue weighted by Crippen LogP contribution is -2.18. The fourth-order valence-electron chi connectivity index (χ4n) is 3.08. The average molecular weight is 405 g/mol. The number of methoxy groups -OCH3 is 1. The average Bonchev–Trinajstić information content (AvgIpc) is 3.21. The summed E-state index contributed by atoms with van der Waals surface area (Å²) in [7, 11) is 1.54. The number of carboxylic acids is 1. The number of carbonyl (C=O) groups is 1. The minimum Gasteiger partial charge on any atom is -0.497 e. The maximum absolute atomic E-state index is 11.9. The van der Waals surface area contributed by atoms with Gasteiger partial charge in [-0.05, 0) is 35.9 Å². The molecule has 0 saturated heterocycles. The molecule has 30 heavy (non-hydrogen) atoms. The maximum Gasteiger partial charge on any atom is 0.349 e. The molecule has 0 spiro atoms. The summed E-state index contributed by atoms with van der Waals surface area (Å²) in [4.78, 5) is 16.4. The van der Waals surface area contributed by atoms with Crippen LogP contribution in [0.25, 0.3) is 22.6 Å². The number of aliphatic carboxylic acids is 1. The quantitative estimate of drug-likeness (QED) is 0.475. The number of para-hydroxylation sites is 2. The van der Waals surface area contributed by atoms with Gasteiger partial charge in [-0.25, -0.2) is 9.78 Å². The molecule has 1 heterocycles. The van der Waals surface area contributed by atoms with Crippen LogP contribution < -0.4 is 9.47 Å². The minimum absolute atomic E-state index is 0.126. The van der Waals surface area contributed by atoms with Gasteiger partial charge in [-0.2, -0.15) is 0 Å². The molecule has 0 aliphatic rings. The van der Waals surface area contributed by atoms with E-state index in [4.69, 9.17) is 13.9 Å². The molecule has 1 unspecified atom stereocenters. The summed E-state index contributed by atoms with van der Waals surface area (Å²) in [6.07, 6.45) is -1.26. The van der Waals surface area contributed by atoms with Crippen molar-refractivity contribution in [3.63, 3.8) is 0 Å². The van der Waals surface area contributed by atoms with Crippen LogP contribution in [0.4, 0.5) is 0 Å². The van der Waals surface area contributed by atoms with Gasteiger partial charge in [0.25, 0.3) is 0 Å². The van der Waals surface area contributed by atoms with E-state index in [2.05, 4.69) is 4.98 Å². The van der Waals surface area contributed by atoms with Crippen LogP contribution in [0, 0.1) is 0 Å². The number of aromatic nitrogens is 1. The zero-order chi connectivity index (χ0) is 21.1. The summed E-state index contributed by atoms with van der Waals surface area (Å²) in [6, 6.07) is 18.9. The Hall–Kier alpha value is -3.84. The molecule has 4 rings (SSSR count). The molecular formula is C23H19NO6. The molecule has 7 nitrogen and oxygen atoms in total. The zero-order valence-corrected chi connectivity index (χ0v) is 16.1. The van der Waals surface area contributed by atoms with Gasteiger partial charge in [0.05, 0.1) is 19.3 Å². The summed E-state index contributed by atoms with van der Waals surface area (Å²) >= 11 is 0. The summed E-state index contributed by atoms with van der Waals surface area (Å²) < 4.78 is 17.1. The molecule has 1 atom stereocenters. The first-order chi connectivity index (χ1) is 14.6. The van der Waals surface area contributed by atoms with Crippen LogP contribution in [-0.4, -0.2) is 28.3 Å². The summed E-state index contributed by atoms with van der Waals surface area (Å²) in [5, 5.41) is 19.0. The van der Waals surface area contributed by atoms with E-state index >= 15 is 0 Å². The second kappa shape index (κ2) is 8.26. The second-order valence-electron chi connectivity index (χ2n) is 6.58. The topological polar surface area (TPSA) is 102 Å². The largest absolute Gasteiger partial charge is 0.497 e. The predicted octanol–water partition coefficient (Wildman–Crippen LogP) is 4.20. The second-order valence-corrected chi connectivity index (χ2v) is 6.58. The minimum atomic E-state index is -1.26. The number of fused-ring (bicyclic) bond motifs is 1. The van der Waals surface area contributed by atoms with Crippen molar-refractivity contribution in [3.05, 3.63) is 77.9 Å². The van der Waals surface area contributed by atoms with Crippen molar-refractivity contribution in [2.75, 3.05) is 7.11 Å². The first kappa shape index (κ1) is 19.5. The van der Waals surface area contributed by atoms with Crippen molar-refractivity contribution in [1.29, 1.82) is 0 Å². The highest BCUT2D eigenvalue weighted by Crippen LogP contribution is 2.37. The molecule has 0 aliphatic carbocycles. The molecule has 3 aromatic carbocycles. The Bertz CT molecular complexity index is 1150. The lowest BCUT2D eigenvalue weighted by Gasteiger charge is -2.18. The van der Waals surface area contributed by atoms with Gasteiger partial charge in [0.1, 0.15) is 17.0 Å². The van der Waals surface area contributed by atoms with Gasteiger partial charge in [0, 0.05) is 5.56 Å². The maximum atomic E-state index is 11.9. The van der Waals surface area contributed by atoms with Crippen LogP contribution in [0.1, 0.15) is 17.2 Å². The fourth-order valence-corrected chi connectivity index (χ4v) is 3.08. The Morgan fingerprint density at radius 1 is 1.10 bits per heavy atom. The van der Waals surface area contributed by atoms with E-state index in [1.807, 2.05) is 18.2 Å². The van der Waals surface area contributed by atoms with E-state index in [1.54, 1.807) is 48.5 Å². The van der Waals surface area contributed by atoms with E-state index in [9.17, 15) is 15.0 Å². The third kappa shape index (κ3) is 3.83. The standard InChI is InChI=1S/C23H19NO6/c1-28-16-10-11-19(17(12-16)22-24-18-4-2-3-5-20(18)30-22)29-21(23(26)27)15-8-6-14(13-25)7-9-15/h2-12,21,25H,13H2,1H3,(H,26,27). The molecule has 0 aliphatic heterocycles. The lowest BCUT2D eigenvalue weighted by molar-refractivity contribution is -0.145. The normalized spacial score (nSPS) is 11.9. The van der Waals surface area contributed by atoms with Crippen LogP contribution >= 0.6 is 0 Å². The summed E-state index contributed by atoms with van der Waals surface area (Å²) in [6.45, 7) is -0.126. The van der Waals surface area contributed by atoms with Crippen molar-refractivity contribution >= 4 is 17.1 Å². The molecule has 152 valence electrons. The van der Waals surface area contributed by atoms with E-state index in [-0.39, 0.29) is 6.61 Å². The molecule has 0 radical (unpaired) electrons. The smallest absolute Gasteiger partial charge is 0.349 e. The van der Waals surface area contributed by atoms with Crippen molar-refractivity contribution in [2.45, 2.75) is 12.7 Å². The number of oxazole rings is 1. The number of aliphatic hydroxyl groups excluding tert-OH is 1. The van der Waals surface area contributed by atoms with Crippen LogP contribution in [0.3, 0.4) is 0 Å². The highest BCUT2D eigenvalue weighted by atomic mass is 16.5. The summed E-state index contributed by atoms with van der Waals surface area (Å²) in [5.74, 6) is -0.00396. The SMILES string of the molecule is COc1ccc(OC(C(=O)O)c2ccc(CO)cc2)c(-c2nc3ccccc3o2)c1. The molecule has 0 saturated carbocycles. The predicted molar refractivity (Wildman–Crippen MR) is 109 cm³/mol. The number of benzene rings is 3. The van der Waals surface area contributed by atoms with Gasteiger partial charge < -0.3 is 24.1 Å². The lowest BCUT2D eigenvalue weighted by atomic mass is 10.1. The van der Waals surface area contributed by atoms with Gasteiger partial charge in [-0.1, -0.05) is 36.4 Å². The number of hydrogen-bond donors (Lipinski definition) is 2. The molecule has 0 bridgehead atoms. The third-order valence-corrected chi connectivity index (χ3v) is 4.65. The Labute approximate surface area is 172 Å². The van der Waals surface area contributed by atoms with Gasteiger partial charge in [0.2, 0.25) is 12.0 Å². The van der Waals surface area contributed by atoms with Crippen molar-refractivity contribution < 1.29 is 28.9 Å². The Balaban J connectivity index is 1.76. The third-order valence-electron chi connectivity index (χ3n) is 4.65. The number of rotatable bonds is 7. The Kier molecular flexibility index (Phi) is 5.36. The van der Waals surface area contributed by atoms with Gasteiger partial charge >= 0.3 is 5.97 Å². The van der Waals surface area contributed by atoms with E-state index in [1.165, 1.54) is 7.11 Å². The van der Waals surface area contributed by atoms with Crippen LogP contribution in [-0.2, 0) is 11.4 Å². The van der Waals surface area contributed by atoms with Crippen LogP contribution in [0.2, 0.25) is 0 Å². The number of hydrogen-bond acceptors (Lipinski definition) is 6. The molecule has 2 N–H and O–H groups in total. The van der Waals surface area contributed by atoms with Crippen LogP contribution in [0.5, 0.6) is 11.5 Å². The first-order valence-corrected chi connectivity index (χ1v) is 9.22. The molecule has 1 aromatic heterocycles. The highest BCUT2D eigenvalue weighted by molar-refractivity contribution is 5.79. The van der Waals surface area contributed by atoms with E-state index < -0.39 is 12.1 Å². The van der Waals surface area contributed by atoms with Crippen molar-refractivity contribution in [3.8, 4) is 23.0 Å². The van der Waals surface area contributed by atoms with Crippen molar-refractivity contribution in [1.82, 2.24) is 4.98 Å². The zero-order valence-electron chi connectivity index (χ0n) is 16.1. The molecular weight excluding hydrogens is 386 g/mol. The van der Waals surface area contributed by atoms with Gasteiger partial charge in [0.15, 0.2) is 5.58 Å². The van der Waals surface area contributed by atoms with Gasteiger partial charge in [-0.15, -0.1) is 0 Å². The van der Waals surface area contributed by atoms with E-state index in [0.29, 0.717) is 45.2 Å². The van der Waals surface area contributed by atoms with Gasteiger partial charge in [-0.3, -0.25) is 0 Å². The van der Waals surface area contributed by atoms with E-state index in [0.717, 1.165) is 0 Å². The highest BCUT2D eigenvalue weighted by Gasteiger charge is 2.25. The van der Waals surface area contributed by atoms with Crippen molar-refractivity contribution in [2.24, 2.45) is 0 Å². The number of aliphatic hydroxyl groups is 1. The number of nitrogens with zero attached hydrogens (tertiary/aromatic N) is 1. The number of ether oxygens (including phenoxy) is 2. The number of carboxylic acid groups (broad SMARTS) is 1. The molecule has 7 heteroatoms. The molecule has 0 amide bonds. The fraction of sp³-hybridized carbons (Fsp3) is 0.130.